The SMILES string of the molecule is CCCn1nccc1CNC1C2CN(C(=O)OC(C)(C)C)CC21. The fourth-order valence-corrected chi connectivity index (χ4v) is 3.45. The minimum Gasteiger partial charge on any atom is -0.444 e. The molecule has 1 aromatic rings. The molecule has 2 atom stereocenters. The highest BCUT2D eigenvalue weighted by molar-refractivity contribution is 5.69. The highest BCUT2D eigenvalue weighted by Crippen LogP contribution is 2.45. The molecule has 6 heteroatoms. The number of aromatic nitrogens is 2. The van der Waals surface area contributed by atoms with E-state index in [4.69, 9.17) is 4.74 Å². The smallest absolute Gasteiger partial charge is 0.410 e. The predicted octanol–water partition coefficient (Wildman–Crippen LogP) is 2.25. The van der Waals surface area contributed by atoms with Crippen molar-refractivity contribution in [3.8, 4) is 0 Å². The molecule has 0 radical (unpaired) electrons. The van der Waals surface area contributed by atoms with Crippen LogP contribution in [-0.4, -0.2) is 45.5 Å². The molecule has 2 unspecified atom stereocenters. The standard InChI is InChI=1S/C17H28N4O2/c1-5-8-21-12(6-7-19-21)9-18-15-13-10-20(11-14(13)15)16(22)23-17(2,3)4/h6-7,13-15,18H,5,8-11H2,1-4H3. The maximum Gasteiger partial charge on any atom is 0.410 e. The molecule has 2 heterocycles. The van der Waals surface area contributed by atoms with Crippen molar-refractivity contribution in [3.05, 3.63) is 18.0 Å². The average Bonchev–Trinajstić information content (AvgIpc) is 2.83. The number of hydrogen-bond acceptors (Lipinski definition) is 4. The van der Waals surface area contributed by atoms with Gasteiger partial charge < -0.3 is 15.0 Å². The number of aryl methyl sites for hydroxylation is 1. The molecule has 1 aliphatic carbocycles. The van der Waals surface area contributed by atoms with E-state index in [-0.39, 0.29) is 6.09 Å². The minimum atomic E-state index is -0.417. The number of likely N-dealkylation sites (tertiary alicyclic amines) is 1. The van der Waals surface area contributed by atoms with Crippen molar-refractivity contribution in [3.63, 3.8) is 0 Å². The zero-order valence-electron chi connectivity index (χ0n) is 14.6. The summed E-state index contributed by atoms with van der Waals surface area (Å²) in [6.07, 6.45) is 2.78. The van der Waals surface area contributed by atoms with Crippen molar-refractivity contribution in [2.24, 2.45) is 11.8 Å². The lowest BCUT2D eigenvalue weighted by Crippen LogP contribution is -2.39. The molecule has 1 saturated heterocycles. The Balaban J connectivity index is 1.44. The van der Waals surface area contributed by atoms with Crippen LogP contribution in [0, 0.1) is 11.8 Å². The zero-order chi connectivity index (χ0) is 16.6. The van der Waals surface area contributed by atoms with E-state index in [9.17, 15) is 4.79 Å². The van der Waals surface area contributed by atoms with Crippen molar-refractivity contribution >= 4 is 6.09 Å². The molecule has 2 aliphatic rings. The number of nitrogens with one attached hydrogen (secondary N) is 1. The van der Waals surface area contributed by atoms with Gasteiger partial charge in [0.15, 0.2) is 0 Å². The number of amides is 1. The number of fused-ring (bicyclic) bond motifs is 1. The van der Waals surface area contributed by atoms with Crippen LogP contribution in [0.2, 0.25) is 0 Å². The van der Waals surface area contributed by atoms with Gasteiger partial charge in [-0.15, -0.1) is 0 Å². The van der Waals surface area contributed by atoms with Gasteiger partial charge in [0, 0.05) is 38.4 Å². The monoisotopic (exact) mass is 320 g/mol. The van der Waals surface area contributed by atoms with E-state index in [0.717, 1.165) is 32.6 Å². The lowest BCUT2D eigenvalue weighted by molar-refractivity contribution is 0.0269. The summed E-state index contributed by atoms with van der Waals surface area (Å²) in [6.45, 7) is 11.3. The Morgan fingerprint density at radius 1 is 1.39 bits per heavy atom. The van der Waals surface area contributed by atoms with Gasteiger partial charge in [-0.1, -0.05) is 6.92 Å². The van der Waals surface area contributed by atoms with Crippen LogP contribution >= 0.6 is 0 Å². The maximum atomic E-state index is 12.1. The lowest BCUT2D eigenvalue weighted by atomic mass is 10.2. The summed E-state index contributed by atoms with van der Waals surface area (Å²) in [6, 6.07) is 2.60. The van der Waals surface area contributed by atoms with Crippen LogP contribution in [0.4, 0.5) is 4.79 Å². The minimum absolute atomic E-state index is 0.176. The molecule has 3 rings (SSSR count). The van der Waals surface area contributed by atoms with Crippen LogP contribution in [0.15, 0.2) is 12.3 Å². The number of carbonyl (C=O) groups excluding carboxylic acids is 1. The van der Waals surface area contributed by atoms with Gasteiger partial charge >= 0.3 is 6.09 Å². The largest absolute Gasteiger partial charge is 0.444 e. The Morgan fingerprint density at radius 2 is 2.09 bits per heavy atom. The second kappa shape index (κ2) is 6.15. The van der Waals surface area contributed by atoms with Gasteiger partial charge in [0.2, 0.25) is 0 Å². The molecule has 6 nitrogen and oxygen atoms in total. The van der Waals surface area contributed by atoms with Crippen LogP contribution < -0.4 is 5.32 Å². The Hall–Kier alpha value is -1.56. The fraction of sp³-hybridized carbons (Fsp3) is 0.765. The fourth-order valence-electron chi connectivity index (χ4n) is 3.45. The first-order valence-electron chi connectivity index (χ1n) is 8.61. The number of nitrogens with zero attached hydrogens (tertiary/aromatic N) is 3. The van der Waals surface area contributed by atoms with Gasteiger partial charge in [-0.05, 0) is 45.1 Å². The predicted molar refractivity (Wildman–Crippen MR) is 87.9 cm³/mol. The highest BCUT2D eigenvalue weighted by Gasteiger charge is 2.56. The Morgan fingerprint density at radius 3 is 2.70 bits per heavy atom. The molecule has 0 spiro atoms. The summed E-state index contributed by atoms with van der Waals surface area (Å²) in [4.78, 5) is 13.9. The summed E-state index contributed by atoms with van der Waals surface area (Å²) in [7, 11) is 0. The number of ether oxygens (including phenoxy) is 1. The summed E-state index contributed by atoms with van der Waals surface area (Å²) in [5.74, 6) is 1.15. The number of rotatable bonds is 5. The van der Waals surface area contributed by atoms with Crippen molar-refractivity contribution in [2.75, 3.05) is 13.1 Å². The van der Waals surface area contributed by atoms with Gasteiger partial charge in [0.25, 0.3) is 0 Å². The quantitative estimate of drug-likeness (QED) is 0.904. The summed E-state index contributed by atoms with van der Waals surface area (Å²) in [5, 5.41) is 7.98. The average molecular weight is 320 g/mol. The van der Waals surface area contributed by atoms with Gasteiger partial charge in [-0.3, -0.25) is 4.68 Å². The van der Waals surface area contributed by atoms with Crippen LogP contribution in [0.1, 0.15) is 39.8 Å². The number of carbonyl (C=O) groups is 1. The van der Waals surface area contributed by atoms with Crippen LogP contribution in [0.5, 0.6) is 0 Å². The highest BCUT2D eigenvalue weighted by atomic mass is 16.6. The van der Waals surface area contributed by atoms with Gasteiger partial charge in [0.05, 0.1) is 5.69 Å². The topological polar surface area (TPSA) is 59.4 Å². The first-order valence-corrected chi connectivity index (χ1v) is 8.61. The van der Waals surface area contributed by atoms with Crippen LogP contribution in [0.25, 0.3) is 0 Å². The van der Waals surface area contributed by atoms with Crippen molar-refractivity contribution in [1.82, 2.24) is 20.0 Å². The molecule has 128 valence electrons. The molecule has 23 heavy (non-hydrogen) atoms. The van der Waals surface area contributed by atoms with E-state index in [1.165, 1.54) is 5.69 Å². The summed E-state index contributed by atoms with van der Waals surface area (Å²) >= 11 is 0. The molecule has 0 aromatic carbocycles. The third-order valence-corrected chi connectivity index (χ3v) is 4.60. The lowest BCUT2D eigenvalue weighted by Gasteiger charge is -2.26. The molecular weight excluding hydrogens is 292 g/mol. The molecule has 2 fully saturated rings. The molecule has 0 bridgehead atoms. The second-order valence-corrected chi connectivity index (χ2v) is 7.67. The van der Waals surface area contributed by atoms with E-state index in [2.05, 4.69) is 28.1 Å². The molecule has 1 aromatic heterocycles. The molecule has 1 amide bonds. The first kappa shape index (κ1) is 16.3. The Bertz CT molecular complexity index is 551. The second-order valence-electron chi connectivity index (χ2n) is 7.67. The third kappa shape index (κ3) is 3.68. The normalized spacial score (nSPS) is 26.3. The molecular formula is C17H28N4O2. The van der Waals surface area contributed by atoms with E-state index < -0.39 is 5.60 Å². The van der Waals surface area contributed by atoms with Gasteiger partial charge in [0.1, 0.15) is 5.60 Å². The van der Waals surface area contributed by atoms with Crippen molar-refractivity contribution in [1.29, 1.82) is 0 Å². The van der Waals surface area contributed by atoms with E-state index in [1.54, 1.807) is 0 Å². The Kier molecular flexibility index (Phi) is 4.36. The van der Waals surface area contributed by atoms with Crippen molar-refractivity contribution in [2.45, 2.75) is 58.8 Å². The molecule has 1 saturated carbocycles. The molecule has 1 N–H and O–H groups in total. The Labute approximate surface area is 138 Å². The maximum absolute atomic E-state index is 12.1. The van der Waals surface area contributed by atoms with E-state index in [0.29, 0.717) is 17.9 Å². The summed E-state index contributed by atoms with van der Waals surface area (Å²) < 4.78 is 7.51. The van der Waals surface area contributed by atoms with Crippen molar-refractivity contribution < 1.29 is 9.53 Å². The van der Waals surface area contributed by atoms with Crippen LogP contribution in [0.3, 0.4) is 0 Å². The van der Waals surface area contributed by atoms with Crippen LogP contribution in [-0.2, 0) is 17.8 Å². The van der Waals surface area contributed by atoms with E-state index >= 15 is 0 Å². The number of piperidine rings is 1. The van der Waals surface area contributed by atoms with Gasteiger partial charge in [-0.25, -0.2) is 4.79 Å². The molecule has 1 aliphatic heterocycles. The number of hydrogen-bond donors (Lipinski definition) is 1. The summed E-state index contributed by atoms with van der Waals surface area (Å²) in [5.41, 5.74) is 0.819. The first-order chi connectivity index (χ1) is 10.9. The third-order valence-electron chi connectivity index (χ3n) is 4.60. The van der Waals surface area contributed by atoms with E-state index in [1.807, 2.05) is 31.9 Å². The zero-order valence-corrected chi connectivity index (χ0v) is 14.6. The van der Waals surface area contributed by atoms with Gasteiger partial charge in [-0.2, -0.15) is 5.10 Å².